The van der Waals surface area contributed by atoms with Crippen molar-refractivity contribution in [2.45, 2.75) is 129 Å². The summed E-state index contributed by atoms with van der Waals surface area (Å²) in [5, 5.41) is 5.45. The lowest BCUT2D eigenvalue weighted by Crippen LogP contribution is -2.54. The Morgan fingerprint density at radius 2 is 1.33 bits per heavy atom. The summed E-state index contributed by atoms with van der Waals surface area (Å²) < 4.78 is 68.2. The zero-order valence-corrected chi connectivity index (χ0v) is 36.6. The van der Waals surface area contributed by atoms with Crippen LogP contribution in [0.15, 0.2) is 66.7 Å². The summed E-state index contributed by atoms with van der Waals surface area (Å²) in [5.41, 5.74) is -0.423. The largest absolute Gasteiger partial charge is 0.444 e. The van der Waals surface area contributed by atoms with Gasteiger partial charge in [0.2, 0.25) is 5.91 Å². The van der Waals surface area contributed by atoms with Crippen LogP contribution in [0.4, 0.5) is 28.4 Å². The van der Waals surface area contributed by atoms with Gasteiger partial charge in [-0.2, -0.15) is 0 Å². The van der Waals surface area contributed by atoms with Crippen molar-refractivity contribution in [3.8, 4) is 0 Å². The average Bonchev–Trinajstić information content (AvgIpc) is 3.09. The molecule has 0 aromatic heterocycles. The van der Waals surface area contributed by atoms with Crippen molar-refractivity contribution >= 4 is 32.1 Å². The first-order chi connectivity index (χ1) is 26.8. The standard InChI is InChI=1S/C44H60F3N3O7Si/c1-42(2,3)56-40(52)49-38(37(28-15-19-30(45)20-16-28)29-17-21-31(46)22-18-29)39(51)48-36-14-12-13-35(47)34(36)24-23-32-25-50(41(53)57-43(4,5)6)26-33(55-32)27-54-58(10,11)44(7,8)9/h12-22,32-33,37-38H,23-27H2,1-11H3,(H,48,51)(H,49,52)/t32-,33-,38-/m0/s1. The summed E-state index contributed by atoms with van der Waals surface area (Å²) in [7, 11) is -2.16. The summed E-state index contributed by atoms with van der Waals surface area (Å²) in [4.78, 5) is 42.6. The van der Waals surface area contributed by atoms with E-state index < -0.39 is 79.2 Å². The lowest BCUT2D eigenvalue weighted by molar-refractivity contribution is -0.118. The fourth-order valence-electron chi connectivity index (χ4n) is 6.27. The van der Waals surface area contributed by atoms with Crippen LogP contribution < -0.4 is 10.6 Å². The molecule has 14 heteroatoms. The second-order valence-corrected chi connectivity index (χ2v) is 23.1. The molecular formula is C44H60F3N3O7Si. The van der Waals surface area contributed by atoms with Gasteiger partial charge in [-0.05, 0) is 120 Å². The van der Waals surface area contributed by atoms with Crippen LogP contribution in [-0.2, 0) is 29.9 Å². The molecule has 1 fully saturated rings. The third-order valence-corrected chi connectivity index (χ3v) is 14.7. The Bertz CT molecular complexity index is 1830. The van der Waals surface area contributed by atoms with Crippen molar-refractivity contribution in [3.63, 3.8) is 0 Å². The van der Waals surface area contributed by atoms with Gasteiger partial charge in [0.25, 0.3) is 0 Å². The third-order valence-electron chi connectivity index (χ3n) is 10.2. The molecule has 1 heterocycles. The molecule has 58 heavy (non-hydrogen) atoms. The molecule has 10 nitrogen and oxygen atoms in total. The van der Waals surface area contributed by atoms with Gasteiger partial charge in [0.15, 0.2) is 8.32 Å². The molecule has 1 aliphatic heterocycles. The zero-order chi connectivity index (χ0) is 43.2. The van der Waals surface area contributed by atoms with E-state index in [1.54, 1.807) is 52.5 Å². The van der Waals surface area contributed by atoms with E-state index in [9.17, 15) is 23.2 Å². The van der Waals surface area contributed by atoms with Crippen LogP contribution >= 0.6 is 0 Å². The molecule has 0 aliphatic carbocycles. The maximum absolute atomic E-state index is 15.8. The molecule has 0 unspecified atom stereocenters. The Balaban J connectivity index is 1.64. The normalized spacial score (nSPS) is 17.1. The topological polar surface area (TPSA) is 115 Å². The van der Waals surface area contributed by atoms with Crippen molar-refractivity contribution in [2.75, 3.05) is 25.0 Å². The van der Waals surface area contributed by atoms with E-state index in [4.69, 9.17) is 18.6 Å². The Morgan fingerprint density at radius 3 is 1.84 bits per heavy atom. The molecule has 0 bridgehead atoms. The van der Waals surface area contributed by atoms with Gasteiger partial charge in [-0.3, -0.25) is 4.79 Å². The van der Waals surface area contributed by atoms with Gasteiger partial charge in [-0.25, -0.2) is 22.8 Å². The minimum absolute atomic E-state index is 0.0446. The summed E-state index contributed by atoms with van der Waals surface area (Å²) in [6.45, 7) is 21.8. The first-order valence-corrected chi connectivity index (χ1v) is 22.6. The van der Waals surface area contributed by atoms with Gasteiger partial charge >= 0.3 is 12.2 Å². The highest BCUT2D eigenvalue weighted by Gasteiger charge is 2.40. The molecule has 0 saturated carbocycles. The van der Waals surface area contributed by atoms with Gasteiger partial charge < -0.3 is 34.2 Å². The highest BCUT2D eigenvalue weighted by atomic mass is 28.4. The average molecular weight is 828 g/mol. The smallest absolute Gasteiger partial charge is 0.410 e. The number of morpholine rings is 1. The predicted octanol–water partition coefficient (Wildman–Crippen LogP) is 9.73. The maximum atomic E-state index is 15.8. The van der Waals surface area contributed by atoms with Crippen molar-refractivity contribution in [2.24, 2.45) is 0 Å². The van der Waals surface area contributed by atoms with Crippen molar-refractivity contribution in [1.29, 1.82) is 0 Å². The van der Waals surface area contributed by atoms with E-state index >= 15 is 4.39 Å². The van der Waals surface area contributed by atoms with Gasteiger partial charge in [0, 0.05) is 17.2 Å². The molecule has 1 aliphatic rings. The molecule has 3 aromatic rings. The van der Waals surface area contributed by atoms with Crippen molar-refractivity contribution in [3.05, 3.63) is 101 Å². The van der Waals surface area contributed by atoms with Gasteiger partial charge in [-0.15, -0.1) is 0 Å². The molecule has 318 valence electrons. The van der Waals surface area contributed by atoms with Crippen LogP contribution in [0.3, 0.4) is 0 Å². The van der Waals surface area contributed by atoms with E-state index in [2.05, 4.69) is 44.5 Å². The Hall–Kier alpha value is -4.40. The Kier molecular flexibility index (Phi) is 14.9. The summed E-state index contributed by atoms with van der Waals surface area (Å²) in [6.07, 6.45) is -2.01. The fraction of sp³-hybridized carbons (Fsp3) is 0.523. The number of halogens is 3. The number of carbonyl (C=O) groups excluding carboxylic acids is 3. The number of benzene rings is 3. The van der Waals surface area contributed by atoms with Crippen LogP contribution in [0.2, 0.25) is 18.1 Å². The number of hydrogen-bond acceptors (Lipinski definition) is 7. The number of carbonyl (C=O) groups is 3. The monoisotopic (exact) mass is 827 g/mol. The molecule has 0 spiro atoms. The summed E-state index contributed by atoms with van der Waals surface area (Å²) >= 11 is 0. The second-order valence-electron chi connectivity index (χ2n) is 18.3. The van der Waals surface area contributed by atoms with Gasteiger partial charge in [0.1, 0.15) is 34.7 Å². The quantitative estimate of drug-likeness (QED) is 0.175. The number of nitrogens with zero attached hydrogens (tertiary/aromatic N) is 1. The molecule has 1 saturated heterocycles. The first kappa shape index (κ1) is 46.3. The number of alkyl carbamates (subject to hydrolysis) is 1. The van der Waals surface area contributed by atoms with E-state index in [-0.39, 0.29) is 48.8 Å². The minimum Gasteiger partial charge on any atom is -0.444 e. The van der Waals surface area contributed by atoms with Crippen LogP contribution in [0.1, 0.15) is 91.3 Å². The van der Waals surface area contributed by atoms with Crippen LogP contribution in [0, 0.1) is 17.5 Å². The van der Waals surface area contributed by atoms with Crippen LogP contribution in [-0.4, -0.2) is 80.5 Å². The van der Waals surface area contributed by atoms with E-state index in [0.717, 1.165) is 0 Å². The lowest BCUT2D eigenvalue weighted by atomic mass is 9.84. The molecule has 3 atom stereocenters. The molecule has 2 N–H and O–H groups in total. The first-order valence-electron chi connectivity index (χ1n) is 19.7. The number of nitrogens with one attached hydrogen (secondary N) is 2. The zero-order valence-electron chi connectivity index (χ0n) is 35.6. The van der Waals surface area contributed by atoms with E-state index in [1.807, 2.05) is 0 Å². The number of hydrogen-bond donors (Lipinski definition) is 2. The van der Waals surface area contributed by atoms with Crippen molar-refractivity contribution in [1.82, 2.24) is 10.2 Å². The number of anilines is 1. The molecule has 3 aromatic carbocycles. The predicted molar refractivity (Wildman–Crippen MR) is 221 cm³/mol. The number of amides is 3. The highest BCUT2D eigenvalue weighted by molar-refractivity contribution is 6.74. The van der Waals surface area contributed by atoms with Gasteiger partial charge in [0.05, 0.1) is 31.9 Å². The van der Waals surface area contributed by atoms with Crippen molar-refractivity contribution < 1.29 is 46.2 Å². The fourth-order valence-corrected chi connectivity index (χ4v) is 7.30. The summed E-state index contributed by atoms with van der Waals surface area (Å²) in [5.74, 6) is -3.30. The summed E-state index contributed by atoms with van der Waals surface area (Å²) in [6, 6.07) is 13.7. The molecule has 4 rings (SSSR count). The lowest BCUT2D eigenvalue weighted by Gasteiger charge is -2.41. The SMILES string of the molecule is CC(C)(C)OC(=O)N[C@H](C(=O)Nc1cccc(F)c1CC[C@H]1CN(C(=O)OC(C)(C)C)C[C@@H](CO[Si](C)(C)C(C)(C)C)O1)C(c1ccc(F)cc1)c1ccc(F)cc1. The Labute approximate surface area is 342 Å². The van der Waals surface area contributed by atoms with Crippen LogP contribution in [0.25, 0.3) is 0 Å². The maximum Gasteiger partial charge on any atom is 0.410 e. The number of rotatable bonds is 12. The third kappa shape index (κ3) is 13.3. The van der Waals surface area contributed by atoms with E-state index in [1.165, 1.54) is 60.7 Å². The second kappa shape index (κ2) is 18.7. The van der Waals surface area contributed by atoms with E-state index in [0.29, 0.717) is 11.1 Å². The molecule has 0 radical (unpaired) electrons. The Morgan fingerprint density at radius 1 is 0.793 bits per heavy atom. The minimum atomic E-state index is -2.16. The molecule has 3 amide bonds. The highest BCUT2D eigenvalue weighted by Crippen LogP contribution is 2.37. The van der Waals surface area contributed by atoms with Gasteiger partial charge in [-0.1, -0.05) is 51.1 Å². The van der Waals surface area contributed by atoms with Crippen LogP contribution in [0.5, 0.6) is 0 Å². The number of ether oxygens (including phenoxy) is 3. The molecular weight excluding hydrogens is 768 g/mol.